The summed E-state index contributed by atoms with van der Waals surface area (Å²) in [5.41, 5.74) is 4.13. The van der Waals surface area contributed by atoms with Gasteiger partial charge < -0.3 is 35.3 Å². The quantitative estimate of drug-likeness (QED) is 0.218. The first-order chi connectivity index (χ1) is 20.1. The third kappa shape index (κ3) is 6.45. The number of piperazine rings is 1. The minimum Gasteiger partial charge on any atom is -0.506 e. The van der Waals surface area contributed by atoms with Crippen molar-refractivity contribution < 1.29 is 14.6 Å². The Kier molecular flexibility index (Phi) is 8.56. The SMILES string of the molecule is COc1ccc(NC(=O)NCC(C)(C)c2nc(-c3ccc(Cl)c(O)c3)c(-c3ccncc3)[nH]2)cc1N1CCN(C)CC1. The molecule has 0 saturated carbocycles. The number of benzene rings is 2. The van der Waals surface area contributed by atoms with Crippen molar-refractivity contribution in [1.29, 1.82) is 0 Å². The zero-order valence-corrected chi connectivity index (χ0v) is 25.0. The molecule has 0 spiro atoms. The van der Waals surface area contributed by atoms with Crippen LogP contribution in [0.25, 0.3) is 22.5 Å². The number of aromatic hydroxyl groups is 1. The van der Waals surface area contributed by atoms with Gasteiger partial charge in [-0.2, -0.15) is 0 Å². The van der Waals surface area contributed by atoms with E-state index in [0.717, 1.165) is 48.9 Å². The molecule has 42 heavy (non-hydrogen) atoms. The molecule has 4 N–H and O–H groups in total. The maximum Gasteiger partial charge on any atom is 0.319 e. The van der Waals surface area contributed by atoms with E-state index in [0.29, 0.717) is 29.3 Å². The highest BCUT2D eigenvalue weighted by atomic mass is 35.5. The van der Waals surface area contributed by atoms with Gasteiger partial charge in [0.05, 0.1) is 29.2 Å². The molecule has 10 nitrogen and oxygen atoms in total. The molecule has 0 unspecified atom stereocenters. The minimum atomic E-state index is -0.559. The van der Waals surface area contributed by atoms with E-state index in [-0.39, 0.29) is 16.8 Å². The van der Waals surface area contributed by atoms with Crippen LogP contribution in [0.5, 0.6) is 11.5 Å². The van der Waals surface area contributed by atoms with Crippen molar-refractivity contribution in [3.8, 4) is 34.0 Å². The molecule has 1 fully saturated rings. The molecule has 220 valence electrons. The summed E-state index contributed by atoms with van der Waals surface area (Å²) >= 11 is 6.06. The normalized spacial score (nSPS) is 14.1. The number of halogens is 1. The van der Waals surface area contributed by atoms with Crippen LogP contribution in [0.2, 0.25) is 5.02 Å². The summed E-state index contributed by atoms with van der Waals surface area (Å²) in [4.78, 5) is 30.1. The Morgan fingerprint density at radius 2 is 1.81 bits per heavy atom. The summed E-state index contributed by atoms with van der Waals surface area (Å²) in [6.45, 7) is 8.03. The molecule has 4 aromatic rings. The molecule has 1 saturated heterocycles. The highest BCUT2D eigenvalue weighted by Gasteiger charge is 2.28. The average molecular weight is 590 g/mol. The molecule has 5 rings (SSSR count). The molecular weight excluding hydrogens is 554 g/mol. The van der Waals surface area contributed by atoms with Crippen molar-refractivity contribution in [2.24, 2.45) is 0 Å². The predicted molar refractivity (Wildman–Crippen MR) is 167 cm³/mol. The number of carbonyl (C=O) groups is 1. The first kappa shape index (κ1) is 29.2. The number of nitrogens with zero attached hydrogens (tertiary/aromatic N) is 4. The van der Waals surface area contributed by atoms with Crippen LogP contribution in [-0.4, -0.2) is 77.9 Å². The number of pyridine rings is 1. The lowest BCUT2D eigenvalue weighted by atomic mass is 9.92. The Morgan fingerprint density at radius 3 is 2.50 bits per heavy atom. The minimum absolute atomic E-state index is 0.0219. The number of aromatic amines is 1. The molecule has 0 atom stereocenters. The third-order valence-corrected chi connectivity index (χ3v) is 7.82. The van der Waals surface area contributed by atoms with Crippen molar-refractivity contribution in [1.82, 2.24) is 25.2 Å². The van der Waals surface area contributed by atoms with Gasteiger partial charge in [-0.05, 0) is 49.5 Å². The molecule has 0 radical (unpaired) electrons. The van der Waals surface area contributed by atoms with Gasteiger partial charge in [-0.3, -0.25) is 4.98 Å². The molecule has 2 aromatic heterocycles. The molecule has 0 aliphatic carbocycles. The van der Waals surface area contributed by atoms with Crippen molar-refractivity contribution in [2.45, 2.75) is 19.3 Å². The number of phenols is 1. The molecule has 1 aliphatic rings. The molecule has 1 aliphatic heterocycles. The Bertz CT molecular complexity index is 1550. The number of hydrogen-bond acceptors (Lipinski definition) is 7. The average Bonchev–Trinajstić information content (AvgIpc) is 3.45. The summed E-state index contributed by atoms with van der Waals surface area (Å²) in [6.07, 6.45) is 3.43. The third-order valence-electron chi connectivity index (χ3n) is 7.51. The number of urea groups is 1. The van der Waals surface area contributed by atoms with Crippen LogP contribution < -0.4 is 20.3 Å². The number of imidazole rings is 1. The van der Waals surface area contributed by atoms with E-state index in [1.54, 1.807) is 31.6 Å². The molecule has 0 bridgehead atoms. The van der Waals surface area contributed by atoms with Crippen molar-refractivity contribution in [3.63, 3.8) is 0 Å². The van der Waals surface area contributed by atoms with Crippen LogP contribution in [0.15, 0.2) is 60.9 Å². The highest BCUT2D eigenvalue weighted by Crippen LogP contribution is 2.36. The number of likely N-dealkylation sites (N-methyl/N-ethyl adjacent to an activating group) is 1. The number of nitrogens with one attached hydrogen (secondary N) is 3. The van der Waals surface area contributed by atoms with Gasteiger partial charge in [0.15, 0.2) is 0 Å². The van der Waals surface area contributed by atoms with E-state index in [1.165, 1.54) is 0 Å². The summed E-state index contributed by atoms with van der Waals surface area (Å²) < 4.78 is 5.60. The van der Waals surface area contributed by atoms with Gasteiger partial charge >= 0.3 is 6.03 Å². The van der Waals surface area contributed by atoms with E-state index < -0.39 is 5.41 Å². The number of hydrogen-bond donors (Lipinski definition) is 4. The lowest BCUT2D eigenvalue weighted by Gasteiger charge is -2.35. The topological polar surface area (TPSA) is 119 Å². The summed E-state index contributed by atoms with van der Waals surface area (Å²) in [5, 5.41) is 16.5. The van der Waals surface area contributed by atoms with E-state index in [2.05, 4.69) is 37.4 Å². The molecular formula is C31H36ClN7O3. The van der Waals surface area contributed by atoms with Gasteiger partial charge in [0.1, 0.15) is 17.3 Å². The number of H-pyrrole nitrogens is 1. The van der Waals surface area contributed by atoms with Crippen molar-refractivity contribution in [2.75, 3.05) is 57.1 Å². The first-order valence-corrected chi connectivity index (χ1v) is 14.2. The van der Waals surface area contributed by atoms with Crippen LogP contribution in [0.1, 0.15) is 19.7 Å². The zero-order valence-electron chi connectivity index (χ0n) is 24.2. The summed E-state index contributed by atoms with van der Waals surface area (Å²) in [5.74, 6) is 1.44. The van der Waals surface area contributed by atoms with Crippen LogP contribution in [0.4, 0.5) is 16.2 Å². The summed E-state index contributed by atoms with van der Waals surface area (Å²) in [7, 11) is 3.77. The Morgan fingerprint density at radius 1 is 1.07 bits per heavy atom. The number of anilines is 2. The first-order valence-electron chi connectivity index (χ1n) is 13.8. The molecule has 3 heterocycles. The highest BCUT2D eigenvalue weighted by molar-refractivity contribution is 6.32. The Balaban J connectivity index is 1.32. The second kappa shape index (κ2) is 12.3. The fourth-order valence-electron chi connectivity index (χ4n) is 4.91. The van der Waals surface area contributed by atoms with Crippen LogP contribution in [0.3, 0.4) is 0 Å². The second-order valence-electron chi connectivity index (χ2n) is 11.1. The number of carbonyl (C=O) groups excluding carboxylic acids is 1. The lowest BCUT2D eigenvalue weighted by molar-refractivity contribution is 0.249. The van der Waals surface area contributed by atoms with Gasteiger partial charge in [-0.1, -0.05) is 31.5 Å². The number of aromatic nitrogens is 3. The Labute approximate surface area is 250 Å². The van der Waals surface area contributed by atoms with Gasteiger partial charge in [0.25, 0.3) is 0 Å². The van der Waals surface area contributed by atoms with Crippen molar-refractivity contribution in [3.05, 3.63) is 71.8 Å². The maximum absolute atomic E-state index is 13.0. The van der Waals surface area contributed by atoms with Gasteiger partial charge in [-0.15, -0.1) is 0 Å². The van der Waals surface area contributed by atoms with Gasteiger partial charge in [0, 0.05) is 67.3 Å². The Hall–Kier alpha value is -4.28. The molecule has 11 heteroatoms. The molecule has 2 amide bonds. The van der Waals surface area contributed by atoms with E-state index in [1.807, 2.05) is 50.2 Å². The largest absolute Gasteiger partial charge is 0.506 e. The predicted octanol–water partition coefficient (Wildman–Crippen LogP) is 5.36. The number of rotatable bonds is 8. The number of ether oxygens (including phenoxy) is 1. The van der Waals surface area contributed by atoms with Gasteiger partial charge in [-0.25, -0.2) is 9.78 Å². The smallest absolute Gasteiger partial charge is 0.319 e. The van der Waals surface area contributed by atoms with Crippen molar-refractivity contribution >= 4 is 29.0 Å². The zero-order chi connectivity index (χ0) is 29.9. The van der Waals surface area contributed by atoms with Crippen LogP contribution in [0, 0.1) is 0 Å². The fourth-order valence-corrected chi connectivity index (χ4v) is 5.03. The van der Waals surface area contributed by atoms with E-state index >= 15 is 0 Å². The molecule has 2 aromatic carbocycles. The lowest BCUT2D eigenvalue weighted by Crippen LogP contribution is -2.44. The number of amides is 2. The van der Waals surface area contributed by atoms with Crippen LogP contribution >= 0.6 is 11.6 Å². The standard InChI is InChI=1S/C31H36ClN7O3/c1-31(2,19-34-30(41)35-22-6-8-26(42-4)24(18-22)39-15-13-38(3)14-16-39)29-36-27(20-9-11-33-12-10-20)28(37-29)21-5-7-23(32)25(40)17-21/h5-12,17-18,40H,13-16,19H2,1-4H3,(H,36,37)(H2,34,35,41). The number of phenolic OH excluding ortho intramolecular Hbond substituents is 1. The van der Waals surface area contributed by atoms with E-state index in [9.17, 15) is 9.90 Å². The second-order valence-corrected chi connectivity index (χ2v) is 11.5. The van der Waals surface area contributed by atoms with Crippen LogP contribution in [-0.2, 0) is 5.41 Å². The van der Waals surface area contributed by atoms with Gasteiger partial charge in [0.2, 0.25) is 0 Å². The van der Waals surface area contributed by atoms with E-state index in [4.69, 9.17) is 21.3 Å². The summed E-state index contributed by atoms with van der Waals surface area (Å²) in [6, 6.07) is 14.2. The maximum atomic E-state index is 13.0. The monoisotopic (exact) mass is 589 g/mol. The number of methoxy groups -OCH3 is 1. The fraction of sp³-hybridized carbons (Fsp3) is 0.323.